The van der Waals surface area contributed by atoms with Gasteiger partial charge in [-0.15, -0.1) is 0 Å². The predicted molar refractivity (Wildman–Crippen MR) is 67.7 cm³/mol. The summed E-state index contributed by atoms with van der Waals surface area (Å²) in [5.74, 6) is 0. The van der Waals surface area contributed by atoms with Gasteiger partial charge in [-0.2, -0.15) is 0 Å². The average molecular weight is 207 g/mol. The van der Waals surface area contributed by atoms with E-state index in [0.717, 1.165) is 12.1 Å². The summed E-state index contributed by atoms with van der Waals surface area (Å²) in [7, 11) is 0. The first-order chi connectivity index (χ1) is 7.84. The van der Waals surface area contributed by atoms with Crippen molar-refractivity contribution in [1.82, 2.24) is 0 Å². The van der Waals surface area contributed by atoms with Gasteiger partial charge in [-0.1, -0.05) is 36.4 Å². The van der Waals surface area contributed by atoms with Crippen molar-refractivity contribution in [2.45, 2.75) is 13.3 Å². The molecule has 2 aromatic carbocycles. The first-order valence-corrected chi connectivity index (χ1v) is 5.55. The third-order valence-corrected chi connectivity index (χ3v) is 3.15. The van der Waals surface area contributed by atoms with Crippen molar-refractivity contribution in [3.8, 4) is 0 Å². The Morgan fingerprint density at radius 2 is 1.88 bits per heavy atom. The van der Waals surface area contributed by atoms with Crippen LogP contribution in [0.1, 0.15) is 22.3 Å². The van der Waals surface area contributed by atoms with Gasteiger partial charge in [0.25, 0.3) is 0 Å². The van der Waals surface area contributed by atoms with E-state index in [1.54, 1.807) is 0 Å². The van der Waals surface area contributed by atoms with Crippen molar-refractivity contribution in [2.24, 2.45) is 4.99 Å². The molecule has 0 bridgehead atoms. The standard InChI is InChI=1S/C15H13N/c1-11-5-4-8-15-14(11)9-12-6-2-3-7-13(12)10-16-15/h2-8,10H,9H2,1H3. The maximum Gasteiger partial charge on any atom is 0.0667 e. The van der Waals surface area contributed by atoms with Crippen LogP contribution in [0.4, 0.5) is 5.69 Å². The molecule has 16 heavy (non-hydrogen) atoms. The summed E-state index contributed by atoms with van der Waals surface area (Å²) in [6, 6.07) is 14.8. The minimum Gasteiger partial charge on any atom is -0.256 e. The highest BCUT2D eigenvalue weighted by atomic mass is 14.7. The van der Waals surface area contributed by atoms with Crippen LogP contribution in [-0.4, -0.2) is 6.21 Å². The number of hydrogen-bond donors (Lipinski definition) is 0. The predicted octanol–water partition coefficient (Wildman–Crippen LogP) is 3.65. The van der Waals surface area contributed by atoms with E-state index in [9.17, 15) is 0 Å². The van der Waals surface area contributed by atoms with Crippen molar-refractivity contribution in [1.29, 1.82) is 0 Å². The molecule has 1 aliphatic heterocycles. The molecule has 1 aliphatic rings. The van der Waals surface area contributed by atoms with Gasteiger partial charge in [0.2, 0.25) is 0 Å². The molecule has 0 spiro atoms. The molecule has 2 aromatic rings. The van der Waals surface area contributed by atoms with E-state index >= 15 is 0 Å². The van der Waals surface area contributed by atoms with E-state index in [1.165, 1.54) is 22.3 Å². The molecular formula is C15H13N. The van der Waals surface area contributed by atoms with Crippen LogP contribution >= 0.6 is 0 Å². The molecule has 1 nitrogen and oxygen atoms in total. The molecule has 0 unspecified atom stereocenters. The average Bonchev–Trinajstić information content (AvgIpc) is 2.50. The van der Waals surface area contributed by atoms with Crippen molar-refractivity contribution < 1.29 is 0 Å². The Bertz CT molecular complexity index is 567. The monoisotopic (exact) mass is 207 g/mol. The molecular weight excluding hydrogens is 194 g/mol. The van der Waals surface area contributed by atoms with Crippen LogP contribution in [0.5, 0.6) is 0 Å². The summed E-state index contributed by atoms with van der Waals surface area (Å²) >= 11 is 0. The summed E-state index contributed by atoms with van der Waals surface area (Å²) in [5, 5.41) is 0. The second-order valence-corrected chi connectivity index (χ2v) is 4.21. The van der Waals surface area contributed by atoms with E-state index in [2.05, 4.69) is 54.4 Å². The van der Waals surface area contributed by atoms with Gasteiger partial charge in [0.1, 0.15) is 0 Å². The summed E-state index contributed by atoms with van der Waals surface area (Å²) in [4.78, 5) is 4.56. The van der Waals surface area contributed by atoms with E-state index in [-0.39, 0.29) is 0 Å². The minimum atomic E-state index is 0.984. The maximum absolute atomic E-state index is 4.56. The minimum absolute atomic E-state index is 0.984. The second kappa shape index (κ2) is 3.60. The number of nitrogens with zero attached hydrogens (tertiary/aromatic N) is 1. The largest absolute Gasteiger partial charge is 0.256 e. The molecule has 78 valence electrons. The summed E-state index contributed by atoms with van der Waals surface area (Å²) in [5.41, 5.74) is 6.38. The van der Waals surface area contributed by atoms with E-state index in [0.29, 0.717) is 0 Å². The van der Waals surface area contributed by atoms with Crippen molar-refractivity contribution in [2.75, 3.05) is 0 Å². The fraction of sp³-hybridized carbons (Fsp3) is 0.133. The summed E-state index contributed by atoms with van der Waals surface area (Å²) in [6.07, 6.45) is 2.96. The zero-order chi connectivity index (χ0) is 11.0. The summed E-state index contributed by atoms with van der Waals surface area (Å²) < 4.78 is 0. The Labute approximate surface area is 95.5 Å². The number of aryl methyl sites for hydroxylation is 1. The molecule has 0 aromatic heterocycles. The number of hydrogen-bond acceptors (Lipinski definition) is 1. The second-order valence-electron chi connectivity index (χ2n) is 4.21. The number of aliphatic imine (C=N–C) groups is 1. The van der Waals surface area contributed by atoms with Crippen LogP contribution in [0.15, 0.2) is 47.5 Å². The molecule has 0 radical (unpaired) electrons. The smallest absolute Gasteiger partial charge is 0.0667 e. The lowest BCUT2D eigenvalue weighted by atomic mass is 9.97. The fourth-order valence-corrected chi connectivity index (χ4v) is 2.19. The first kappa shape index (κ1) is 9.34. The lowest BCUT2D eigenvalue weighted by Crippen LogP contribution is -1.93. The molecule has 0 amide bonds. The van der Waals surface area contributed by atoms with Gasteiger partial charge in [0.15, 0.2) is 0 Å². The third-order valence-electron chi connectivity index (χ3n) is 3.15. The van der Waals surface area contributed by atoms with Gasteiger partial charge in [0.05, 0.1) is 5.69 Å². The van der Waals surface area contributed by atoms with Crippen LogP contribution in [-0.2, 0) is 6.42 Å². The van der Waals surface area contributed by atoms with Gasteiger partial charge >= 0.3 is 0 Å². The van der Waals surface area contributed by atoms with Crippen LogP contribution in [0.2, 0.25) is 0 Å². The zero-order valence-corrected chi connectivity index (χ0v) is 9.27. The van der Waals surface area contributed by atoms with Crippen molar-refractivity contribution >= 4 is 11.9 Å². The lowest BCUT2D eigenvalue weighted by molar-refractivity contribution is 1.16. The van der Waals surface area contributed by atoms with Gasteiger partial charge in [-0.25, -0.2) is 0 Å². The summed E-state index contributed by atoms with van der Waals surface area (Å²) in [6.45, 7) is 2.16. The van der Waals surface area contributed by atoms with Crippen LogP contribution in [0.25, 0.3) is 0 Å². The van der Waals surface area contributed by atoms with Crippen LogP contribution in [0.3, 0.4) is 0 Å². The third kappa shape index (κ3) is 1.45. The zero-order valence-electron chi connectivity index (χ0n) is 9.27. The SMILES string of the molecule is Cc1cccc2c1Cc1ccccc1C=N2. The van der Waals surface area contributed by atoms with E-state index in [1.807, 2.05) is 6.21 Å². The molecule has 0 aliphatic carbocycles. The molecule has 0 atom stereocenters. The number of fused-ring (bicyclic) bond motifs is 2. The van der Waals surface area contributed by atoms with Crippen LogP contribution in [0, 0.1) is 6.92 Å². The topological polar surface area (TPSA) is 12.4 Å². The van der Waals surface area contributed by atoms with Gasteiger partial charge < -0.3 is 0 Å². The molecule has 0 N–H and O–H groups in total. The van der Waals surface area contributed by atoms with Gasteiger partial charge in [-0.3, -0.25) is 4.99 Å². The van der Waals surface area contributed by atoms with E-state index < -0.39 is 0 Å². The quantitative estimate of drug-likeness (QED) is 0.533. The first-order valence-electron chi connectivity index (χ1n) is 5.55. The van der Waals surface area contributed by atoms with Gasteiger partial charge in [0, 0.05) is 12.6 Å². The number of rotatable bonds is 0. The molecule has 0 fully saturated rings. The van der Waals surface area contributed by atoms with Crippen molar-refractivity contribution in [3.05, 3.63) is 64.7 Å². The lowest BCUT2D eigenvalue weighted by Gasteiger charge is -2.07. The molecule has 0 saturated heterocycles. The Hall–Kier alpha value is -1.89. The molecule has 0 saturated carbocycles. The van der Waals surface area contributed by atoms with E-state index in [4.69, 9.17) is 0 Å². The van der Waals surface area contributed by atoms with Crippen LogP contribution < -0.4 is 0 Å². The normalized spacial score (nSPS) is 12.8. The Kier molecular flexibility index (Phi) is 2.10. The molecule has 3 rings (SSSR count). The fourth-order valence-electron chi connectivity index (χ4n) is 2.19. The molecule has 1 heterocycles. The highest BCUT2D eigenvalue weighted by Crippen LogP contribution is 2.28. The Morgan fingerprint density at radius 1 is 1.00 bits per heavy atom. The molecule has 1 heteroatoms. The van der Waals surface area contributed by atoms with Gasteiger partial charge in [-0.05, 0) is 35.2 Å². The highest BCUT2D eigenvalue weighted by molar-refractivity contribution is 5.86. The maximum atomic E-state index is 4.56. The Morgan fingerprint density at radius 3 is 2.81 bits per heavy atom. The Balaban J connectivity index is 2.22. The number of benzene rings is 2. The highest BCUT2D eigenvalue weighted by Gasteiger charge is 2.10. The van der Waals surface area contributed by atoms with Crippen molar-refractivity contribution in [3.63, 3.8) is 0 Å².